The third-order valence-corrected chi connectivity index (χ3v) is 10.1. The number of aliphatic hydroxyl groups is 1. The minimum Gasteiger partial charge on any atom is -0.493 e. The van der Waals surface area contributed by atoms with Crippen molar-refractivity contribution in [1.29, 1.82) is 0 Å². The molecule has 244 valence electrons. The van der Waals surface area contributed by atoms with E-state index in [0.717, 1.165) is 17.4 Å². The topological polar surface area (TPSA) is 134 Å². The van der Waals surface area contributed by atoms with E-state index in [9.17, 15) is 27.5 Å². The summed E-state index contributed by atoms with van der Waals surface area (Å²) in [5.41, 5.74) is 2.26. The Morgan fingerprint density at radius 1 is 1.00 bits per heavy atom. The molecule has 2 amide bonds. The van der Waals surface area contributed by atoms with Crippen molar-refractivity contribution in [3.05, 3.63) is 83.7 Å². The molecule has 3 aromatic carbocycles. The van der Waals surface area contributed by atoms with Crippen LogP contribution in [-0.4, -0.2) is 86.6 Å². The Labute approximate surface area is 267 Å². The van der Waals surface area contributed by atoms with Crippen molar-refractivity contribution in [3.8, 4) is 16.9 Å². The molecule has 0 unspecified atom stereocenters. The van der Waals surface area contributed by atoms with Crippen LogP contribution < -0.4 is 15.4 Å². The third-order valence-electron chi connectivity index (χ3n) is 8.97. The Balaban J connectivity index is 1.30. The van der Waals surface area contributed by atoms with Crippen LogP contribution in [0.5, 0.6) is 5.75 Å². The number of carbonyl (C=O) groups excluding carboxylic acids is 2. The maximum atomic E-state index is 14.6. The van der Waals surface area contributed by atoms with Gasteiger partial charge in [-0.1, -0.05) is 36.4 Å². The summed E-state index contributed by atoms with van der Waals surface area (Å²) in [6, 6.07) is 17.1. The van der Waals surface area contributed by atoms with Gasteiger partial charge in [-0.25, -0.2) is 12.8 Å². The molecule has 0 aliphatic carbocycles. The Bertz CT molecular complexity index is 1700. The smallest absolute Gasteiger partial charge is 0.255 e. The lowest BCUT2D eigenvalue weighted by molar-refractivity contribution is -0.133. The number of likely N-dealkylation sites (tertiary alicyclic amines) is 1. The van der Waals surface area contributed by atoms with E-state index >= 15 is 0 Å². The second-order valence-corrected chi connectivity index (χ2v) is 14.3. The average molecular weight is 652 g/mol. The molecular formula is C34H38FN3O7S. The zero-order valence-corrected chi connectivity index (χ0v) is 26.3. The first kappa shape index (κ1) is 32.1. The molecule has 4 bridgehead atoms. The predicted octanol–water partition coefficient (Wildman–Crippen LogP) is 3.08. The van der Waals surface area contributed by atoms with E-state index in [1.807, 2.05) is 4.90 Å². The van der Waals surface area contributed by atoms with E-state index in [2.05, 4.69) is 10.6 Å². The van der Waals surface area contributed by atoms with Crippen molar-refractivity contribution < 1.29 is 37.0 Å². The summed E-state index contributed by atoms with van der Waals surface area (Å²) in [5, 5.41) is 16.6. The van der Waals surface area contributed by atoms with Crippen LogP contribution in [0, 0.1) is 5.82 Å². The van der Waals surface area contributed by atoms with Gasteiger partial charge in [-0.3, -0.25) is 14.5 Å². The second-order valence-electron chi connectivity index (χ2n) is 12.3. The first-order valence-electron chi connectivity index (χ1n) is 15.5. The number of ether oxygens (including phenoxy) is 2. The molecule has 3 aromatic rings. The summed E-state index contributed by atoms with van der Waals surface area (Å²) in [5.74, 6) is -0.647. The number of aliphatic hydroxyl groups excluding tert-OH is 1. The molecule has 6 rings (SSSR count). The van der Waals surface area contributed by atoms with Crippen molar-refractivity contribution in [2.24, 2.45) is 0 Å². The van der Waals surface area contributed by atoms with Crippen LogP contribution in [0.1, 0.15) is 41.6 Å². The lowest BCUT2D eigenvalue weighted by atomic mass is 9.99. The van der Waals surface area contributed by atoms with Crippen molar-refractivity contribution >= 4 is 21.7 Å². The molecule has 12 heteroatoms. The third kappa shape index (κ3) is 7.25. The molecule has 2 saturated heterocycles. The van der Waals surface area contributed by atoms with E-state index in [-0.39, 0.29) is 48.3 Å². The molecule has 3 aliphatic rings. The fraction of sp³-hybridized carbons (Fsp3) is 0.412. The number of benzene rings is 3. The van der Waals surface area contributed by atoms with E-state index in [1.165, 1.54) is 6.07 Å². The maximum Gasteiger partial charge on any atom is 0.255 e. The average Bonchev–Trinajstić information content (AvgIpc) is 3.43. The number of hydrogen-bond donors (Lipinski definition) is 3. The van der Waals surface area contributed by atoms with Gasteiger partial charge in [0.05, 0.1) is 35.3 Å². The van der Waals surface area contributed by atoms with E-state index in [0.29, 0.717) is 49.1 Å². The van der Waals surface area contributed by atoms with Crippen LogP contribution in [0.2, 0.25) is 0 Å². The monoisotopic (exact) mass is 651 g/mol. The fourth-order valence-electron chi connectivity index (χ4n) is 6.43. The molecule has 0 saturated carbocycles. The molecule has 5 atom stereocenters. The molecule has 10 nitrogen and oxygen atoms in total. The normalized spacial score (nSPS) is 26.0. The zero-order valence-electron chi connectivity index (χ0n) is 25.5. The first-order valence-corrected chi connectivity index (χ1v) is 17.4. The molecule has 2 fully saturated rings. The van der Waals surface area contributed by atoms with Crippen molar-refractivity contribution in [2.45, 2.75) is 67.5 Å². The number of nitrogens with zero attached hydrogens (tertiary/aromatic N) is 1. The summed E-state index contributed by atoms with van der Waals surface area (Å²) in [4.78, 5) is 29.3. The second kappa shape index (κ2) is 13.5. The molecular weight excluding hydrogens is 613 g/mol. The number of nitrogens with one attached hydrogen (secondary N) is 2. The SMILES string of the molecule is CS(=O)(=O)c1ccc(-c2ccc3c(c2)OCC[C@@H]2CC[C@H](O)[C@@H](CNC(=O)[C@@H]4C[C@@H](CN4Cc4ccccc4F)NC3=O)O2)cc1. The van der Waals surface area contributed by atoms with E-state index < -0.39 is 34.1 Å². The van der Waals surface area contributed by atoms with Gasteiger partial charge in [0.15, 0.2) is 9.84 Å². The van der Waals surface area contributed by atoms with Crippen molar-refractivity contribution in [1.82, 2.24) is 15.5 Å². The fourth-order valence-corrected chi connectivity index (χ4v) is 7.06. The molecule has 0 aromatic heterocycles. The van der Waals surface area contributed by atoms with Crippen LogP contribution in [0.3, 0.4) is 0 Å². The number of amides is 2. The summed E-state index contributed by atoms with van der Waals surface area (Å²) in [6.07, 6.45) is 1.59. The highest BCUT2D eigenvalue weighted by molar-refractivity contribution is 7.90. The largest absolute Gasteiger partial charge is 0.493 e. The highest BCUT2D eigenvalue weighted by atomic mass is 32.2. The number of fused-ring (bicyclic) bond motifs is 5. The Hall–Kier alpha value is -3.84. The Morgan fingerprint density at radius 3 is 2.52 bits per heavy atom. The Kier molecular flexibility index (Phi) is 9.42. The number of halogens is 1. The van der Waals surface area contributed by atoms with Gasteiger partial charge in [-0.2, -0.15) is 0 Å². The first-order chi connectivity index (χ1) is 22.0. The van der Waals surface area contributed by atoms with Gasteiger partial charge in [-0.05, 0) is 60.7 Å². The summed E-state index contributed by atoms with van der Waals surface area (Å²) in [6.45, 7) is 0.883. The molecule has 0 radical (unpaired) electrons. The van der Waals surface area contributed by atoms with Gasteiger partial charge in [0, 0.05) is 43.9 Å². The Morgan fingerprint density at radius 2 is 1.76 bits per heavy atom. The van der Waals surface area contributed by atoms with Gasteiger partial charge < -0.3 is 25.2 Å². The van der Waals surface area contributed by atoms with Gasteiger partial charge in [-0.15, -0.1) is 0 Å². The van der Waals surface area contributed by atoms with Crippen LogP contribution >= 0.6 is 0 Å². The van der Waals surface area contributed by atoms with Gasteiger partial charge >= 0.3 is 0 Å². The van der Waals surface area contributed by atoms with Crippen LogP contribution in [-0.2, 0) is 25.9 Å². The summed E-state index contributed by atoms with van der Waals surface area (Å²) >= 11 is 0. The lowest BCUT2D eigenvalue weighted by Crippen LogP contribution is -2.50. The van der Waals surface area contributed by atoms with Crippen LogP contribution in [0.25, 0.3) is 11.1 Å². The number of hydrogen-bond acceptors (Lipinski definition) is 8. The zero-order chi connectivity index (χ0) is 32.4. The minimum absolute atomic E-state index is 0.128. The van der Waals surface area contributed by atoms with Gasteiger partial charge in [0.25, 0.3) is 5.91 Å². The van der Waals surface area contributed by atoms with Crippen LogP contribution in [0.15, 0.2) is 71.6 Å². The predicted molar refractivity (Wildman–Crippen MR) is 168 cm³/mol. The lowest BCUT2D eigenvalue weighted by Gasteiger charge is -2.34. The molecule has 3 aliphatic heterocycles. The van der Waals surface area contributed by atoms with Gasteiger partial charge in [0.2, 0.25) is 5.91 Å². The molecule has 0 spiro atoms. The van der Waals surface area contributed by atoms with Gasteiger partial charge in [0.1, 0.15) is 17.7 Å². The van der Waals surface area contributed by atoms with Crippen LogP contribution in [0.4, 0.5) is 4.39 Å². The minimum atomic E-state index is -3.35. The number of carbonyl (C=O) groups is 2. The quantitative estimate of drug-likeness (QED) is 0.392. The maximum absolute atomic E-state index is 14.6. The standard InChI is InChI=1S/C34H38FN3O7S/c1-46(42,43)26-10-6-21(7-11-26)22-8-12-27-31(16-22)44-15-14-25-9-13-30(39)32(45-25)18-36-34(41)29-17-24(37-33(27)40)20-38(29)19-23-4-2-3-5-28(23)35/h2-8,10-12,16,24-25,29-30,32,39H,9,13-15,17-20H2,1H3,(H,36,41)(H,37,40)/t24-,25-,29-,30-,32+/m0/s1. The van der Waals surface area contributed by atoms with E-state index in [1.54, 1.807) is 60.7 Å². The molecule has 3 heterocycles. The summed E-state index contributed by atoms with van der Waals surface area (Å²) < 4.78 is 50.9. The van der Waals surface area contributed by atoms with E-state index in [4.69, 9.17) is 9.47 Å². The number of rotatable bonds is 4. The highest BCUT2D eigenvalue weighted by Crippen LogP contribution is 2.31. The molecule has 46 heavy (non-hydrogen) atoms. The van der Waals surface area contributed by atoms with Crippen molar-refractivity contribution in [2.75, 3.05) is 26.0 Å². The molecule has 3 N–H and O–H groups in total. The number of sulfone groups is 1. The highest BCUT2D eigenvalue weighted by Gasteiger charge is 2.39. The van der Waals surface area contributed by atoms with Crippen molar-refractivity contribution in [3.63, 3.8) is 0 Å². The summed E-state index contributed by atoms with van der Waals surface area (Å²) in [7, 11) is -3.35.